The summed E-state index contributed by atoms with van der Waals surface area (Å²) in [6.45, 7) is 1.80. The molecule has 0 aromatic heterocycles. The Hall–Kier alpha value is -1.88. The third-order valence-corrected chi connectivity index (χ3v) is 5.03. The summed E-state index contributed by atoms with van der Waals surface area (Å²) in [6, 6.07) is 9.14. The third-order valence-electron chi connectivity index (χ3n) is 5.03. The van der Waals surface area contributed by atoms with E-state index in [0.717, 1.165) is 31.2 Å². The van der Waals surface area contributed by atoms with E-state index in [1.54, 1.807) is 6.92 Å². The highest BCUT2D eigenvalue weighted by molar-refractivity contribution is 5.89. The summed E-state index contributed by atoms with van der Waals surface area (Å²) in [5, 5.41) is 2.98. The Bertz CT molecular complexity index is 551. The minimum atomic E-state index is -0.910. The molecule has 0 bridgehead atoms. The van der Waals surface area contributed by atoms with Gasteiger partial charge in [0.05, 0.1) is 13.0 Å². The Labute approximate surface area is 143 Å². The fourth-order valence-electron chi connectivity index (χ4n) is 3.38. The van der Waals surface area contributed by atoms with Crippen LogP contribution in [-0.2, 0) is 14.3 Å². The maximum atomic E-state index is 12.8. The van der Waals surface area contributed by atoms with Crippen molar-refractivity contribution in [3.63, 3.8) is 0 Å². The van der Waals surface area contributed by atoms with Crippen LogP contribution in [0.3, 0.4) is 0 Å². The van der Waals surface area contributed by atoms with Gasteiger partial charge in [0.1, 0.15) is 5.54 Å². The second kappa shape index (κ2) is 8.29. The fraction of sp³-hybridized carbons (Fsp3) is 0.579. The minimum Gasteiger partial charge on any atom is -0.467 e. The molecule has 0 heterocycles. The molecule has 2 atom stereocenters. The van der Waals surface area contributed by atoms with Gasteiger partial charge < -0.3 is 15.8 Å². The van der Waals surface area contributed by atoms with Crippen molar-refractivity contribution in [2.24, 2.45) is 11.7 Å². The van der Waals surface area contributed by atoms with Crippen LogP contribution in [0.5, 0.6) is 0 Å². The first kappa shape index (κ1) is 18.5. The minimum absolute atomic E-state index is 0.196. The standard InChI is InChI=1S/C19H28N2O3/c1-14(16(20)15-10-6-5-7-11-15)17(22)21-19(18(23)24-2)12-8-3-4-9-13-19/h5-7,10-11,14,16H,3-4,8-9,12-13,20H2,1-2H3,(H,21,22). The topological polar surface area (TPSA) is 81.4 Å². The molecule has 2 unspecified atom stereocenters. The third kappa shape index (κ3) is 4.15. The first-order chi connectivity index (χ1) is 11.5. The van der Waals surface area contributed by atoms with Gasteiger partial charge in [-0.25, -0.2) is 4.79 Å². The van der Waals surface area contributed by atoms with Gasteiger partial charge in [0.15, 0.2) is 0 Å². The van der Waals surface area contributed by atoms with Crippen LogP contribution in [0.1, 0.15) is 57.1 Å². The van der Waals surface area contributed by atoms with E-state index in [-0.39, 0.29) is 11.9 Å². The number of carbonyl (C=O) groups is 2. The average molecular weight is 332 g/mol. The Morgan fingerprint density at radius 1 is 1.12 bits per heavy atom. The van der Waals surface area contributed by atoms with Crippen molar-refractivity contribution in [1.82, 2.24) is 5.32 Å². The largest absolute Gasteiger partial charge is 0.467 e. The highest BCUT2D eigenvalue weighted by Crippen LogP contribution is 2.29. The highest BCUT2D eigenvalue weighted by Gasteiger charge is 2.42. The van der Waals surface area contributed by atoms with Crippen LogP contribution in [0, 0.1) is 5.92 Å². The molecule has 0 aliphatic heterocycles. The Morgan fingerprint density at radius 3 is 2.25 bits per heavy atom. The quantitative estimate of drug-likeness (QED) is 0.641. The SMILES string of the molecule is COC(=O)C1(NC(=O)C(C)C(N)c2ccccc2)CCCCCC1. The zero-order chi connectivity index (χ0) is 17.6. The monoisotopic (exact) mass is 332 g/mol. The number of amides is 1. The number of nitrogens with two attached hydrogens (primary N) is 1. The lowest BCUT2D eigenvalue weighted by atomic mass is 9.88. The Balaban J connectivity index is 2.13. The van der Waals surface area contributed by atoms with Crippen LogP contribution in [0.15, 0.2) is 30.3 Å². The van der Waals surface area contributed by atoms with Crippen LogP contribution in [0.25, 0.3) is 0 Å². The molecule has 1 amide bonds. The molecular weight excluding hydrogens is 304 g/mol. The van der Waals surface area contributed by atoms with Gasteiger partial charge in [-0.3, -0.25) is 4.79 Å². The molecule has 1 aliphatic carbocycles. The molecule has 5 nitrogen and oxygen atoms in total. The summed E-state index contributed by atoms with van der Waals surface area (Å²) in [7, 11) is 1.38. The van der Waals surface area contributed by atoms with E-state index in [9.17, 15) is 9.59 Å². The highest BCUT2D eigenvalue weighted by atomic mass is 16.5. The smallest absolute Gasteiger partial charge is 0.331 e. The number of ether oxygens (including phenoxy) is 1. The van der Waals surface area contributed by atoms with Gasteiger partial charge >= 0.3 is 5.97 Å². The molecule has 1 aliphatic rings. The molecular formula is C19H28N2O3. The van der Waals surface area contributed by atoms with Gasteiger partial charge in [-0.05, 0) is 18.4 Å². The van der Waals surface area contributed by atoms with E-state index >= 15 is 0 Å². The van der Waals surface area contributed by atoms with Gasteiger partial charge in [0, 0.05) is 6.04 Å². The molecule has 132 valence electrons. The number of rotatable bonds is 5. The number of hydrogen-bond acceptors (Lipinski definition) is 4. The maximum absolute atomic E-state index is 12.8. The van der Waals surface area contributed by atoms with E-state index in [4.69, 9.17) is 10.5 Å². The zero-order valence-corrected chi connectivity index (χ0v) is 14.6. The van der Waals surface area contributed by atoms with Crippen molar-refractivity contribution in [1.29, 1.82) is 0 Å². The Morgan fingerprint density at radius 2 is 1.71 bits per heavy atom. The summed E-state index contributed by atoms with van der Waals surface area (Å²) in [6.07, 6.45) is 5.22. The molecule has 3 N–H and O–H groups in total. The van der Waals surface area contributed by atoms with Crippen molar-refractivity contribution in [2.75, 3.05) is 7.11 Å². The van der Waals surface area contributed by atoms with Gasteiger partial charge in [-0.1, -0.05) is 62.9 Å². The maximum Gasteiger partial charge on any atom is 0.331 e. The summed E-state index contributed by atoms with van der Waals surface area (Å²) < 4.78 is 4.99. The molecule has 0 spiro atoms. The summed E-state index contributed by atoms with van der Waals surface area (Å²) in [5.41, 5.74) is 6.25. The summed E-state index contributed by atoms with van der Waals surface area (Å²) >= 11 is 0. The van der Waals surface area contributed by atoms with Crippen LogP contribution in [-0.4, -0.2) is 24.5 Å². The fourth-order valence-corrected chi connectivity index (χ4v) is 3.38. The predicted molar refractivity (Wildman–Crippen MR) is 93.1 cm³/mol. The molecule has 0 saturated heterocycles. The van der Waals surface area contributed by atoms with Gasteiger partial charge in [0.25, 0.3) is 0 Å². The van der Waals surface area contributed by atoms with E-state index in [0.29, 0.717) is 12.8 Å². The zero-order valence-electron chi connectivity index (χ0n) is 14.6. The van der Waals surface area contributed by atoms with Crippen molar-refractivity contribution in [3.05, 3.63) is 35.9 Å². The van der Waals surface area contributed by atoms with E-state index in [1.165, 1.54) is 7.11 Å². The molecule has 24 heavy (non-hydrogen) atoms. The van der Waals surface area contributed by atoms with E-state index in [2.05, 4.69) is 5.32 Å². The molecule has 1 fully saturated rings. The lowest BCUT2D eigenvalue weighted by Gasteiger charge is -2.33. The normalized spacial score (nSPS) is 19.6. The number of carbonyl (C=O) groups excluding carboxylic acids is 2. The number of methoxy groups -OCH3 is 1. The molecule has 0 radical (unpaired) electrons. The molecule has 2 rings (SSSR count). The predicted octanol–water partition coefficient (Wildman–Crippen LogP) is 2.70. The number of esters is 1. The average Bonchev–Trinajstić information content (AvgIpc) is 2.86. The van der Waals surface area contributed by atoms with Crippen LogP contribution in [0.4, 0.5) is 0 Å². The van der Waals surface area contributed by atoms with Crippen molar-refractivity contribution < 1.29 is 14.3 Å². The molecule has 1 aromatic rings. The van der Waals surface area contributed by atoms with E-state index < -0.39 is 17.5 Å². The van der Waals surface area contributed by atoms with Crippen molar-refractivity contribution >= 4 is 11.9 Å². The van der Waals surface area contributed by atoms with Crippen molar-refractivity contribution in [2.45, 2.75) is 57.0 Å². The Kier molecular flexibility index (Phi) is 6.37. The second-order valence-electron chi connectivity index (χ2n) is 6.70. The second-order valence-corrected chi connectivity index (χ2v) is 6.70. The number of benzene rings is 1. The lowest BCUT2D eigenvalue weighted by Crippen LogP contribution is -2.56. The van der Waals surface area contributed by atoms with Crippen LogP contribution >= 0.6 is 0 Å². The number of nitrogens with one attached hydrogen (secondary N) is 1. The first-order valence-electron chi connectivity index (χ1n) is 8.71. The van der Waals surface area contributed by atoms with Crippen LogP contribution < -0.4 is 11.1 Å². The molecule has 5 heteroatoms. The van der Waals surface area contributed by atoms with E-state index in [1.807, 2.05) is 30.3 Å². The van der Waals surface area contributed by atoms with Gasteiger partial charge in [-0.2, -0.15) is 0 Å². The lowest BCUT2D eigenvalue weighted by molar-refractivity contribution is -0.152. The summed E-state index contributed by atoms with van der Waals surface area (Å²) in [4.78, 5) is 25.1. The van der Waals surface area contributed by atoms with Gasteiger partial charge in [0.2, 0.25) is 5.91 Å². The summed E-state index contributed by atoms with van der Waals surface area (Å²) in [5.74, 6) is -0.978. The first-order valence-corrected chi connectivity index (χ1v) is 8.71. The number of hydrogen-bond donors (Lipinski definition) is 2. The van der Waals surface area contributed by atoms with Crippen molar-refractivity contribution in [3.8, 4) is 0 Å². The van der Waals surface area contributed by atoms with Gasteiger partial charge in [-0.15, -0.1) is 0 Å². The molecule has 1 aromatic carbocycles. The molecule has 1 saturated carbocycles. The van der Waals surface area contributed by atoms with Crippen LogP contribution in [0.2, 0.25) is 0 Å².